The molecule has 0 saturated heterocycles. The van der Waals surface area contributed by atoms with Crippen LogP contribution in [-0.2, 0) is 0 Å². The minimum atomic E-state index is -0.416. The van der Waals surface area contributed by atoms with Gasteiger partial charge in [-0.15, -0.1) is 0 Å². The zero-order chi connectivity index (χ0) is 20.3. The van der Waals surface area contributed by atoms with Crippen LogP contribution in [0.4, 0.5) is 11.4 Å². The van der Waals surface area contributed by atoms with Gasteiger partial charge in [-0.3, -0.25) is 14.6 Å². The summed E-state index contributed by atoms with van der Waals surface area (Å²) in [4.78, 5) is 29.1. The summed E-state index contributed by atoms with van der Waals surface area (Å²) < 4.78 is 0. The largest absolute Gasteiger partial charge is 0.322 e. The summed E-state index contributed by atoms with van der Waals surface area (Å²) >= 11 is 6.09. The summed E-state index contributed by atoms with van der Waals surface area (Å²) in [6.07, 6.45) is 1.44. The average Bonchev–Trinajstić information content (AvgIpc) is 2.67. The number of halogens is 1. The van der Waals surface area contributed by atoms with Crippen molar-refractivity contribution in [1.82, 2.24) is 4.98 Å². The Labute approximate surface area is 168 Å². The number of nitrogens with zero attached hydrogens (tertiary/aromatic N) is 1. The number of rotatable bonds is 4. The number of carbonyl (C=O) groups excluding carboxylic acids is 2. The van der Waals surface area contributed by atoms with E-state index in [1.165, 1.54) is 12.3 Å². The molecule has 1 heterocycles. The van der Waals surface area contributed by atoms with Crippen LogP contribution in [0.3, 0.4) is 0 Å². The maximum Gasteiger partial charge on any atom is 0.274 e. The van der Waals surface area contributed by atoms with Gasteiger partial charge in [0.25, 0.3) is 11.8 Å². The molecule has 5 nitrogen and oxygen atoms in total. The fraction of sp³-hybridized carbons (Fsp3) is 0.136. The lowest BCUT2D eigenvalue weighted by Gasteiger charge is -2.09. The van der Waals surface area contributed by atoms with Crippen LogP contribution < -0.4 is 10.6 Å². The number of aryl methyl sites for hydroxylation is 3. The van der Waals surface area contributed by atoms with E-state index in [0.717, 1.165) is 16.7 Å². The van der Waals surface area contributed by atoms with Crippen LogP contribution in [0.1, 0.15) is 37.5 Å². The van der Waals surface area contributed by atoms with E-state index in [2.05, 4.69) is 15.6 Å². The molecule has 0 radical (unpaired) electrons. The van der Waals surface area contributed by atoms with Gasteiger partial charge in [0, 0.05) is 28.2 Å². The molecular formula is C22H20ClN3O2. The normalized spacial score (nSPS) is 10.4. The predicted molar refractivity (Wildman–Crippen MR) is 112 cm³/mol. The molecule has 28 heavy (non-hydrogen) atoms. The standard InChI is InChI=1S/C22H20ClN3O2/c1-13-4-6-17(10-15(13)3)25-21(27)16-8-9-24-20(11-16)22(28)26-18-7-5-14(2)19(23)12-18/h4-12H,1-3H3,(H,25,27)(H,26,28). The third kappa shape index (κ3) is 4.56. The van der Waals surface area contributed by atoms with Crippen molar-refractivity contribution in [3.63, 3.8) is 0 Å². The summed E-state index contributed by atoms with van der Waals surface area (Å²) in [7, 11) is 0. The van der Waals surface area contributed by atoms with E-state index in [1.54, 1.807) is 18.2 Å². The highest BCUT2D eigenvalue weighted by molar-refractivity contribution is 6.31. The first kappa shape index (κ1) is 19.6. The molecule has 0 unspecified atom stereocenters. The number of anilines is 2. The third-order valence-corrected chi connectivity index (χ3v) is 4.86. The molecular weight excluding hydrogens is 374 g/mol. The Kier molecular flexibility index (Phi) is 5.76. The Balaban J connectivity index is 1.75. The summed E-state index contributed by atoms with van der Waals surface area (Å²) in [6.45, 7) is 5.88. The van der Waals surface area contributed by atoms with Gasteiger partial charge in [-0.1, -0.05) is 23.7 Å². The minimum absolute atomic E-state index is 0.143. The molecule has 3 aromatic rings. The number of hydrogen-bond acceptors (Lipinski definition) is 3. The van der Waals surface area contributed by atoms with Gasteiger partial charge in [0.1, 0.15) is 5.69 Å². The molecule has 2 aromatic carbocycles. The second-order valence-electron chi connectivity index (χ2n) is 6.60. The second-order valence-corrected chi connectivity index (χ2v) is 7.01. The topological polar surface area (TPSA) is 71.1 Å². The zero-order valence-electron chi connectivity index (χ0n) is 15.8. The molecule has 0 aliphatic heterocycles. The fourth-order valence-electron chi connectivity index (χ4n) is 2.58. The minimum Gasteiger partial charge on any atom is -0.322 e. The third-order valence-electron chi connectivity index (χ3n) is 4.45. The van der Waals surface area contributed by atoms with Gasteiger partial charge in [-0.05, 0) is 73.9 Å². The average molecular weight is 394 g/mol. The number of amides is 2. The van der Waals surface area contributed by atoms with E-state index in [4.69, 9.17) is 11.6 Å². The van der Waals surface area contributed by atoms with E-state index in [-0.39, 0.29) is 11.6 Å². The van der Waals surface area contributed by atoms with Crippen molar-refractivity contribution in [2.75, 3.05) is 10.6 Å². The maximum absolute atomic E-state index is 12.5. The molecule has 6 heteroatoms. The van der Waals surface area contributed by atoms with Gasteiger partial charge in [0.2, 0.25) is 0 Å². The number of hydrogen-bond donors (Lipinski definition) is 2. The number of carbonyl (C=O) groups is 2. The van der Waals surface area contributed by atoms with Gasteiger partial charge < -0.3 is 10.6 Å². The van der Waals surface area contributed by atoms with E-state index in [0.29, 0.717) is 22.0 Å². The van der Waals surface area contributed by atoms with E-state index < -0.39 is 5.91 Å². The van der Waals surface area contributed by atoms with Crippen molar-refractivity contribution in [3.05, 3.63) is 87.7 Å². The molecule has 2 amide bonds. The first-order valence-corrected chi connectivity index (χ1v) is 9.13. The Morgan fingerprint density at radius 1 is 0.786 bits per heavy atom. The van der Waals surface area contributed by atoms with Gasteiger partial charge >= 0.3 is 0 Å². The smallest absolute Gasteiger partial charge is 0.274 e. The number of nitrogens with one attached hydrogen (secondary N) is 2. The van der Waals surface area contributed by atoms with Crippen molar-refractivity contribution >= 4 is 34.8 Å². The maximum atomic E-state index is 12.5. The van der Waals surface area contributed by atoms with E-state index in [1.807, 2.05) is 45.0 Å². The lowest BCUT2D eigenvalue weighted by Crippen LogP contribution is -2.17. The monoisotopic (exact) mass is 393 g/mol. The number of pyridine rings is 1. The Morgan fingerprint density at radius 2 is 1.43 bits per heavy atom. The lowest BCUT2D eigenvalue weighted by molar-refractivity contribution is 0.102. The Morgan fingerprint density at radius 3 is 2.11 bits per heavy atom. The molecule has 0 aliphatic rings. The van der Waals surface area contributed by atoms with Crippen molar-refractivity contribution in [1.29, 1.82) is 0 Å². The van der Waals surface area contributed by atoms with Crippen LogP contribution >= 0.6 is 11.6 Å². The summed E-state index contributed by atoms with van der Waals surface area (Å²) in [5, 5.41) is 6.14. The molecule has 0 saturated carbocycles. The van der Waals surface area contributed by atoms with Crippen LogP contribution in [0.2, 0.25) is 5.02 Å². The summed E-state index contributed by atoms with van der Waals surface area (Å²) in [5.41, 5.74) is 4.91. The van der Waals surface area contributed by atoms with Crippen LogP contribution in [0.5, 0.6) is 0 Å². The van der Waals surface area contributed by atoms with Crippen LogP contribution in [-0.4, -0.2) is 16.8 Å². The van der Waals surface area contributed by atoms with Crippen molar-refractivity contribution in [3.8, 4) is 0 Å². The van der Waals surface area contributed by atoms with E-state index >= 15 is 0 Å². The summed E-state index contributed by atoms with van der Waals surface area (Å²) in [6, 6.07) is 14.0. The van der Waals surface area contributed by atoms with Crippen LogP contribution in [0.15, 0.2) is 54.7 Å². The van der Waals surface area contributed by atoms with Crippen molar-refractivity contribution in [2.45, 2.75) is 20.8 Å². The second kappa shape index (κ2) is 8.23. The van der Waals surface area contributed by atoms with Crippen LogP contribution in [0, 0.1) is 20.8 Å². The molecule has 1 aromatic heterocycles. The highest BCUT2D eigenvalue weighted by atomic mass is 35.5. The zero-order valence-corrected chi connectivity index (χ0v) is 16.6. The molecule has 0 aliphatic carbocycles. The van der Waals surface area contributed by atoms with Crippen molar-refractivity contribution in [2.24, 2.45) is 0 Å². The number of aromatic nitrogens is 1. The Hall–Kier alpha value is -3.18. The molecule has 142 valence electrons. The molecule has 0 atom stereocenters. The fourth-order valence-corrected chi connectivity index (χ4v) is 2.76. The molecule has 0 spiro atoms. The Bertz CT molecular complexity index is 983. The summed E-state index contributed by atoms with van der Waals surface area (Å²) in [5.74, 6) is -0.723. The first-order chi connectivity index (χ1) is 13.3. The molecule has 2 N–H and O–H groups in total. The lowest BCUT2D eigenvalue weighted by atomic mass is 10.1. The quantitative estimate of drug-likeness (QED) is 0.642. The van der Waals surface area contributed by atoms with Gasteiger partial charge in [-0.2, -0.15) is 0 Å². The SMILES string of the molecule is Cc1ccc(NC(=O)c2ccnc(C(=O)Nc3ccc(C)c(Cl)c3)c2)cc1C. The highest BCUT2D eigenvalue weighted by Gasteiger charge is 2.13. The molecule has 0 fully saturated rings. The highest BCUT2D eigenvalue weighted by Crippen LogP contribution is 2.20. The molecule has 0 bridgehead atoms. The number of benzene rings is 2. The van der Waals surface area contributed by atoms with Crippen LogP contribution in [0.25, 0.3) is 0 Å². The molecule has 3 rings (SSSR count). The predicted octanol–water partition coefficient (Wildman–Crippen LogP) is 5.16. The van der Waals surface area contributed by atoms with Gasteiger partial charge in [-0.25, -0.2) is 0 Å². The van der Waals surface area contributed by atoms with Gasteiger partial charge in [0.05, 0.1) is 0 Å². The van der Waals surface area contributed by atoms with Crippen molar-refractivity contribution < 1.29 is 9.59 Å². The van der Waals surface area contributed by atoms with E-state index in [9.17, 15) is 9.59 Å². The first-order valence-electron chi connectivity index (χ1n) is 8.75. The van der Waals surface area contributed by atoms with Gasteiger partial charge in [0.15, 0.2) is 0 Å².